The van der Waals surface area contributed by atoms with Gasteiger partial charge in [0.2, 0.25) is 9.23 Å². The van der Waals surface area contributed by atoms with Crippen LogP contribution in [-0.4, -0.2) is 207 Å². The zero-order valence-corrected chi connectivity index (χ0v) is 76.4. The summed E-state index contributed by atoms with van der Waals surface area (Å²) in [6.07, 6.45) is 4.27. The number of carbonyl (C=O) groups is 10. The lowest BCUT2D eigenvalue weighted by molar-refractivity contribution is -0.385. The fourth-order valence-corrected chi connectivity index (χ4v) is 10.0. The van der Waals surface area contributed by atoms with Crippen molar-refractivity contribution in [3.63, 3.8) is 0 Å². The number of aliphatic carboxylic acids is 2. The van der Waals surface area contributed by atoms with E-state index >= 15 is 0 Å². The zero-order valence-electron chi connectivity index (χ0n) is 68.7. The highest BCUT2D eigenvalue weighted by Gasteiger charge is 2.23. The van der Waals surface area contributed by atoms with Crippen LogP contribution in [0.3, 0.4) is 0 Å². The van der Waals surface area contributed by atoms with Crippen LogP contribution in [0.15, 0.2) is 163 Å². The van der Waals surface area contributed by atoms with Gasteiger partial charge in [-0.25, -0.2) is 37.8 Å². The number of aromatic carboxylic acids is 1. The Morgan fingerprint density at radius 3 is 1.35 bits per heavy atom. The Balaban J connectivity index is 0.00000149. The molecule has 0 aliphatic carbocycles. The Bertz CT molecular complexity index is 5490. The van der Waals surface area contributed by atoms with Gasteiger partial charge in [-0.3, -0.25) is 38.9 Å². The van der Waals surface area contributed by atoms with Crippen LogP contribution in [0.25, 0.3) is 32.9 Å². The van der Waals surface area contributed by atoms with Crippen molar-refractivity contribution in [2.75, 3.05) is 65.9 Å². The maximum atomic E-state index is 11.9. The number of nitro groups is 1. The van der Waals surface area contributed by atoms with E-state index in [1.165, 1.54) is 92.4 Å². The van der Waals surface area contributed by atoms with Gasteiger partial charge in [0.15, 0.2) is 12.6 Å². The number of rotatable bonds is 30. The number of phenols is 7. The minimum absolute atomic E-state index is 0.0435. The van der Waals surface area contributed by atoms with Crippen molar-refractivity contribution < 1.29 is 160 Å². The number of nitro benzene ring substituents is 1. The van der Waals surface area contributed by atoms with Gasteiger partial charge in [0.1, 0.15) is 112 Å². The van der Waals surface area contributed by atoms with Crippen LogP contribution >= 0.6 is 95.3 Å². The summed E-state index contributed by atoms with van der Waals surface area (Å²) in [6, 6.07) is 20.0. The van der Waals surface area contributed by atoms with Crippen molar-refractivity contribution in [1.82, 2.24) is 4.90 Å². The predicted molar refractivity (Wildman–Crippen MR) is 480 cm³/mol. The number of aliphatic hydroxyl groups excluding tert-OH is 2. The topological polar surface area (TPSA) is 623 Å². The first-order chi connectivity index (χ1) is 61.1. The number of phenolic OH excluding ortho intramolecular Hbond substituents is 7. The number of fused-ring (bicyclic) bond motifs is 3. The third-order valence-corrected chi connectivity index (χ3v) is 17.1. The number of carbonyl (C=O) groups excluding carboxylic acids is 7. The number of hydrogen-bond acceptors (Lipinski definition) is 35. The Morgan fingerprint density at radius 2 is 0.977 bits per heavy atom. The van der Waals surface area contributed by atoms with Gasteiger partial charge in [-0.15, -0.1) is 6.58 Å². The SMILES string of the molecule is C=CC(=O)OCCOC(=O)CCCOc1cc([N+](=O)[O-])c(C(C)Br)cc1CO.C=CC(=O)OCCOC(=O)c1cc2cc(Cl)c(O)cc2oc1=O.C=CC(C)OCCO.CCN(CC)CC.O=C(Cl)c1cc2cc(Cl)c(O)cc2oc1=O.O=C(O)CC(=O)O.O=C(O)c1cc2cc(Cl)c(O)cc2oc1=O.O=Cc1cc(Cl)c(O)cc1O.O=Cc1ccc(O)cc1O.O=S(Cl)Cl. The summed E-state index contributed by atoms with van der Waals surface area (Å²) in [5.41, 5.74) is -2.57. The molecule has 3 heterocycles. The summed E-state index contributed by atoms with van der Waals surface area (Å²) in [5.74, 6) is -7.94. The van der Waals surface area contributed by atoms with Crippen LogP contribution in [0.4, 0.5) is 5.69 Å². The maximum absolute atomic E-state index is 11.9. The largest absolute Gasteiger partial charge is 0.508 e. The van der Waals surface area contributed by atoms with Gasteiger partial charge in [0.25, 0.3) is 10.9 Å². The molecule has 130 heavy (non-hydrogen) atoms. The number of benzene rings is 6. The molecule has 0 spiro atoms. The van der Waals surface area contributed by atoms with Crippen molar-refractivity contribution >= 4 is 203 Å². The second kappa shape index (κ2) is 62.9. The third-order valence-electron chi connectivity index (χ3n) is 15.2. The maximum Gasteiger partial charge on any atom is 0.351 e. The van der Waals surface area contributed by atoms with Crippen LogP contribution in [-0.2, 0) is 63.5 Å². The van der Waals surface area contributed by atoms with E-state index in [-0.39, 0.29) is 174 Å². The van der Waals surface area contributed by atoms with E-state index in [0.29, 0.717) is 52.9 Å². The fourth-order valence-electron chi connectivity index (χ4n) is 8.82. The molecular formula is C82H84BrCl7N2O37S. The normalized spacial score (nSPS) is 10.5. The molecule has 0 aliphatic heterocycles. The molecule has 706 valence electrons. The number of halogens is 8. The molecule has 9 rings (SSSR count). The molecule has 2 unspecified atom stereocenters. The number of esters is 4. The highest BCUT2D eigenvalue weighted by Crippen LogP contribution is 2.37. The fraction of sp³-hybridized carbons (Fsp3) is 0.256. The quantitative estimate of drug-likeness (QED) is 0.00162. The minimum Gasteiger partial charge on any atom is -0.508 e. The van der Waals surface area contributed by atoms with Crippen LogP contribution in [0.5, 0.6) is 46.0 Å². The first-order valence-electron chi connectivity index (χ1n) is 36.4. The summed E-state index contributed by atoms with van der Waals surface area (Å²) >= 11 is 31.0. The van der Waals surface area contributed by atoms with E-state index in [1.54, 1.807) is 13.0 Å². The Hall–Kier alpha value is -12.2. The number of ether oxygens (including phenoxy) is 6. The third kappa shape index (κ3) is 45.2. The zero-order chi connectivity index (χ0) is 99.4. The number of carboxylic acid groups (broad SMARTS) is 3. The highest BCUT2D eigenvalue weighted by atomic mass is 79.9. The van der Waals surface area contributed by atoms with Gasteiger partial charge in [-0.1, -0.05) is 102 Å². The molecule has 0 aliphatic rings. The van der Waals surface area contributed by atoms with Crippen molar-refractivity contribution in [2.24, 2.45) is 0 Å². The summed E-state index contributed by atoms with van der Waals surface area (Å²) in [4.78, 5) is 153. The van der Waals surface area contributed by atoms with Gasteiger partial charge >= 0.3 is 58.7 Å². The molecule has 0 radical (unpaired) electrons. The average Bonchev–Trinajstić information content (AvgIpc) is 0.791. The van der Waals surface area contributed by atoms with E-state index < -0.39 is 90.0 Å². The number of carboxylic acids is 3. The number of aliphatic hydroxyl groups is 2. The van der Waals surface area contributed by atoms with Gasteiger partial charge in [0.05, 0.1) is 74.7 Å². The average molecular weight is 2050 g/mol. The van der Waals surface area contributed by atoms with Crippen LogP contribution in [0.1, 0.15) is 122 Å². The number of hydrogen-bond donors (Lipinski definition) is 12. The summed E-state index contributed by atoms with van der Waals surface area (Å²) < 4.78 is 53.0. The van der Waals surface area contributed by atoms with E-state index in [0.717, 1.165) is 36.4 Å². The molecule has 0 saturated carbocycles. The van der Waals surface area contributed by atoms with Gasteiger partial charge in [-0.2, -0.15) is 0 Å². The lowest BCUT2D eigenvalue weighted by Gasteiger charge is -2.13. The van der Waals surface area contributed by atoms with Crippen molar-refractivity contribution in [3.05, 3.63) is 235 Å². The van der Waals surface area contributed by atoms with E-state index in [9.17, 15) is 92.9 Å². The first-order valence-corrected chi connectivity index (χ1v) is 42.0. The van der Waals surface area contributed by atoms with Crippen LogP contribution in [0, 0.1) is 10.1 Å². The molecule has 3 aromatic heterocycles. The highest BCUT2D eigenvalue weighted by molar-refractivity contribution is 9.09. The molecule has 2 atom stereocenters. The molecule has 0 saturated heterocycles. The lowest BCUT2D eigenvalue weighted by Crippen LogP contribution is -2.21. The lowest BCUT2D eigenvalue weighted by atomic mass is 10.1. The monoisotopic (exact) mass is 2040 g/mol. The predicted octanol–water partition coefficient (Wildman–Crippen LogP) is 14.4. The van der Waals surface area contributed by atoms with E-state index in [1.807, 2.05) is 6.92 Å². The smallest absolute Gasteiger partial charge is 0.351 e. The molecule has 48 heteroatoms. The van der Waals surface area contributed by atoms with Crippen molar-refractivity contribution in [2.45, 2.75) is 71.4 Å². The van der Waals surface area contributed by atoms with Crippen molar-refractivity contribution in [3.8, 4) is 46.0 Å². The second-order valence-electron chi connectivity index (χ2n) is 24.2. The van der Waals surface area contributed by atoms with Gasteiger partial charge in [-0.05, 0) is 112 Å². The molecular weight excluding hydrogens is 1970 g/mol. The summed E-state index contributed by atoms with van der Waals surface area (Å²) in [7, 11) is 7.36. The Morgan fingerprint density at radius 1 is 0.562 bits per heavy atom. The van der Waals surface area contributed by atoms with E-state index in [2.05, 4.69) is 92.2 Å². The minimum atomic E-state index is -1.67. The Labute approximate surface area is 781 Å². The molecule has 9 aromatic rings. The number of nitrogens with zero attached hydrogens (tertiary/aromatic N) is 2. The number of alkyl halides is 1. The van der Waals surface area contributed by atoms with Crippen molar-refractivity contribution in [1.29, 1.82) is 0 Å². The molecule has 0 bridgehead atoms. The summed E-state index contributed by atoms with van der Waals surface area (Å²) in [5, 5.41) is 117. The molecule has 0 amide bonds. The Kier molecular flexibility index (Phi) is 57.0. The van der Waals surface area contributed by atoms with Crippen LogP contribution in [0.2, 0.25) is 20.1 Å². The van der Waals surface area contributed by atoms with E-state index in [4.69, 9.17) is 135 Å². The standard InChI is InChI=1S/C18H22BrNO8.C15H11ClO7.C10H4Cl2O4.C10H5ClO5.C7H5ClO3.C7H6O3.C6H15N.C6H12O2.C3H4O4.Cl2OS/c1-3-17(22)27-7-8-28-18(23)5-4-6-26-16-10-15(20(24)25)14(12(2)19)9-13(16)11-21;1-2-13(18)21-3-4-22-14(19)9-5-8-6-10(16)11(17)7-12(8)23-15(9)20;11-6-2-4-1-5(9(12)14)10(15)16-8(4)3-7(6)13;11-6-2-4-1-5(9(13)14)10(15)16-8(4)3-7(6)12;8-5-1-4(3-9)6(10)2-7(5)11;8-4-5-1-2-6(9)3-7(5)10;1-4-7(5-2)6-3;1-3-6(2)8-5-4-7;4-2(5)1-3(6)7;1-4(2)3/h3,9-10,12,21H,1,4-8,11H2,2H3;2,5-7,17H,1,3-4H2;1-3,13H;1-3,12H,(H,13,14);1-3,10-11H;1-4,9-10H;4-6H2,1-3H3;3,6-7H,1,4-5H2,2H3;1H2,(H,4,5)(H,6,7);. The first kappa shape index (κ1) is 118. The van der Waals surface area contributed by atoms with Gasteiger partial charge < -0.3 is 108 Å². The number of aldehydes is 2. The molecule has 39 nitrogen and oxygen atoms in total. The summed E-state index contributed by atoms with van der Waals surface area (Å²) in [6.45, 7) is 23.4. The number of aromatic hydroxyl groups is 7. The molecule has 0 fully saturated rings. The molecule has 12 N–H and O–H groups in total. The van der Waals surface area contributed by atoms with Gasteiger partial charge in [0, 0.05) is 102 Å². The second-order valence-corrected chi connectivity index (χ2v) is 30.1. The van der Waals surface area contributed by atoms with Crippen LogP contribution < -0.4 is 21.6 Å². The molecule has 6 aromatic carbocycles.